The Morgan fingerprint density at radius 2 is 2.17 bits per heavy atom. The van der Waals surface area contributed by atoms with Crippen LogP contribution in [-0.4, -0.2) is 9.97 Å². The molecule has 0 unspecified atom stereocenters. The Labute approximate surface area is 74.9 Å². The zero-order valence-corrected chi connectivity index (χ0v) is 7.51. The number of aromatic nitrogens is 2. The van der Waals surface area contributed by atoms with Gasteiger partial charge in [-0.1, -0.05) is 0 Å². The minimum atomic E-state index is 0.963. The summed E-state index contributed by atoms with van der Waals surface area (Å²) < 4.78 is 0. The van der Waals surface area contributed by atoms with E-state index in [9.17, 15) is 0 Å². The predicted molar refractivity (Wildman–Crippen MR) is 50.1 cm³/mol. The van der Waals surface area contributed by atoms with Gasteiger partial charge in [0.15, 0.2) is 0 Å². The molecule has 2 heterocycles. The number of nitrogens with zero attached hydrogens (tertiary/aromatic N) is 2. The van der Waals surface area contributed by atoms with Crippen LogP contribution in [0.3, 0.4) is 0 Å². The highest BCUT2D eigenvalue weighted by molar-refractivity contribution is 7.13. The highest BCUT2D eigenvalue weighted by atomic mass is 32.1. The molecule has 0 aromatic carbocycles. The van der Waals surface area contributed by atoms with Crippen molar-refractivity contribution in [1.82, 2.24) is 9.97 Å². The van der Waals surface area contributed by atoms with E-state index in [0.29, 0.717) is 0 Å². The van der Waals surface area contributed by atoms with Crippen molar-refractivity contribution in [2.45, 2.75) is 6.92 Å². The fourth-order valence-corrected chi connectivity index (χ4v) is 1.61. The lowest BCUT2D eigenvalue weighted by Gasteiger charge is -1.95. The van der Waals surface area contributed by atoms with Crippen LogP contribution in [0.4, 0.5) is 0 Å². The number of pyridine rings is 1. The average molecular weight is 176 g/mol. The lowest BCUT2D eigenvalue weighted by atomic mass is 10.2. The van der Waals surface area contributed by atoms with Gasteiger partial charge < -0.3 is 0 Å². The third kappa shape index (κ3) is 1.36. The van der Waals surface area contributed by atoms with Gasteiger partial charge in [0.05, 0.1) is 5.69 Å². The van der Waals surface area contributed by atoms with Gasteiger partial charge in [-0.25, -0.2) is 4.98 Å². The molecule has 0 aliphatic rings. The van der Waals surface area contributed by atoms with Gasteiger partial charge in [-0.15, -0.1) is 11.3 Å². The fraction of sp³-hybridized carbons (Fsp3) is 0.111. The molecule has 2 aromatic heterocycles. The van der Waals surface area contributed by atoms with Crippen LogP contribution >= 0.6 is 11.3 Å². The van der Waals surface area contributed by atoms with Gasteiger partial charge in [0.2, 0.25) is 0 Å². The van der Waals surface area contributed by atoms with E-state index in [2.05, 4.69) is 16.9 Å². The molecule has 0 aliphatic heterocycles. The summed E-state index contributed by atoms with van der Waals surface area (Å²) in [4.78, 5) is 8.41. The molecule has 0 N–H and O–H groups in total. The fourth-order valence-electron chi connectivity index (χ4n) is 1.00. The van der Waals surface area contributed by atoms with Crippen molar-refractivity contribution in [1.29, 1.82) is 0 Å². The van der Waals surface area contributed by atoms with Crippen molar-refractivity contribution in [3.8, 4) is 10.7 Å². The average Bonchev–Trinajstić information content (AvgIpc) is 2.56. The van der Waals surface area contributed by atoms with Crippen molar-refractivity contribution in [2.75, 3.05) is 0 Å². The highest BCUT2D eigenvalue weighted by Crippen LogP contribution is 2.19. The molecule has 3 heteroatoms. The van der Waals surface area contributed by atoms with Gasteiger partial charge in [0.25, 0.3) is 0 Å². The maximum Gasteiger partial charge on any atom is 0.141 e. The standard InChI is InChI=1S/C9H8N2S/c1-7-2-3-10-8(6-7)9-11-4-5-12-9/h2-6H,1H3. The number of hydrogen-bond donors (Lipinski definition) is 0. The first-order valence-corrected chi connectivity index (χ1v) is 4.57. The Hall–Kier alpha value is -1.22. The summed E-state index contributed by atoms with van der Waals surface area (Å²) in [6.07, 6.45) is 3.61. The first-order chi connectivity index (χ1) is 5.86. The molecule has 2 aromatic rings. The van der Waals surface area contributed by atoms with Crippen LogP contribution in [0.25, 0.3) is 10.7 Å². The van der Waals surface area contributed by atoms with Crippen LogP contribution in [0.1, 0.15) is 5.56 Å². The van der Waals surface area contributed by atoms with Crippen LogP contribution in [-0.2, 0) is 0 Å². The van der Waals surface area contributed by atoms with Gasteiger partial charge in [-0.2, -0.15) is 0 Å². The summed E-state index contributed by atoms with van der Waals surface area (Å²) in [5, 5.41) is 2.94. The summed E-state index contributed by atoms with van der Waals surface area (Å²) in [7, 11) is 0. The van der Waals surface area contributed by atoms with Crippen molar-refractivity contribution in [3.63, 3.8) is 0 Å². The molecule has 0 aliphatic carbocycles. The third-order valence-corrected chi connectivity index (χ3v) is 2.36. The molecule has 0 saturated carbocycles. The Morgan fingerprint density at radius 3 is 2.83 bits per heavy atom. The van der Waals surface area contributed by atoms with Crippen LogP contribution in [0.5, 0.6) is 0 Å². The summed E-state index contributed by atoms with van der Waals surface area (Å²) >= 11 is 1.61. The highest BCUT2D eigenvalue weighted by Gasteiger charge is 2.00. The maximum atomic E-state index is 4.23. The number of aryl methyl sites for hydroxylation is 1. The van der Waals surface area contributed by atoms with Gasteiger partial charge in [-0.05, 0) is 24.6 Å². The largest absolute Gasteiger partial charge is 0.254 e. The van der Waals surface area contributed by atoms with Gasteiger partial charge >= 0.3 is 0 Å². The second-order valence-electron chi connectivity index (χ2n) is 2.56. The number of hydrogen-bond acceptors (Lipinski definition) is 3. The molecule has 0 fully saturated rings. The summed E-state index contributed by atoms with van der Waals surface area (Å²) in [5.74, 6) is 0. The summed E-state index contributed by atoms with van der Waals surface area (Å²) in [5.41, 5.74) is 2.18. The lowest BCUT2D eigenvalue weighted by molar-refractivity contribution is 1.26. The first-order valence-electron chi connectivity index (χ1n) is 3.69. The molecule has 0 atom stereocenters. The van der Waals surface area contributed by atoms with E-state index < -0.39 is 0 Å². The molecule has 0 radical (unpaired) electrons. The first kappa shape index (κ1) is 7.43. The summed E-state index contributed by atoms with van der Waals surface area (Å²) in [6, 6.07) is 4.02. The Kier molecular flexibility index (Phi) is 1.87. The zero-order valence-electron chi connectivity index (χ0n) is 6.69. The predicted octanol–water partition coefficient (Wildman–Crippen LogP) is 2.51. The van der Waals surface area contributed by atoms with Crippen molar-refractivity contribution in [2.24, 2.45) is 0 Å². The molecule has 2 nitrogen and oxygen atoms in total. The monoisotopic (exact) mass is 176 g/mol. The minimum absolute atomic E-state index is 0.963. The van der Waals surface area contributed by atoms with E-state index in [1.807, 2.05) is 23.7 Å². The Morgan fingerprint density at radius 1 is 1.25 bits per heavy atom. The third-order valence-electron chi connectivity index (χ3n) is 1.57. The van der Waals surface area contributed by atoms with Crippen molar-refractivity contribution < 1.29 is 0 Å². The van der Waals surface area contributed by atoms with E-state index in [4.69, 9.17) is 0 Å². The quantitative estimate of drug-likeness (QED) is 0.667. The van der Waals surface area contributed by atoms with Crippen LogP contribution < -0.4 is 0 Å². The second kappa shape index (κ2) is 3.03. The molecule has 2 rings (SSSR count). The summed E-state index contributed by atoms with van der Waals surface area (Å²) in [6.45, 7) is 2.05. The molecule has 0 saturated heterocycles. The Balaban J connectivity index is 2.48. The topological polar surface area (TPSA) is 25.8 Å². The van der Waals surface area contributed by atoms with Gasteiger partial charge in [-0.3, -0.25) is 4.98 Å². The Bertz CT molecular complexity index is 368. The molecule has 0 bridgehead atoms. The van der Waals surface area contributed by atoms with E-state index in [1.165, 1.54) is 5.56 Å². The van der Waals surface area contributed by atoms with E-state index >= 15 is 0 Å². The van der Waals surface area contributed by atoms with Crippen LogP contribution in [0.15, 0.2) is 29.9 Å². The van der Waals surface area contributed by atoms with Crippen molar-refractivity contribution >= 4 is 11.3 Å². The number of thiazole rings is 1. The zero-order chi connectivity index (χ0) is 8.39. The van der Waals surface area contributed by atoms with E-state index in [-0.39, 0.29) is 0 Å². The molecule has 0 spiro atoms. The van der Waals surface area contributed by atoms with Gasteiger partial charge in [0.1, 0.15) is 5.01 Å². The lowest BCUT2D eigenvalue weighted by Crippen LogP contribution is -1.82. The normalized spacial score (nSPS) is 10.1. The molecule has 0 amide bonds. The number of rotatable bonds is 1. The maximum absolute atomic E-state index is 4.23. The van der Waals surface area contributed by atoms with Gasteiger partial charge in [0, 0.05) is 17.8 Å². The van der Waals surface area contributed by atoms with E-state index in [0.717, 1.165) is 10.7 Å². The molecule has 12 heavy (non-hydrogen) atoms. The molecular weight excluding hydrogens is 168 g/mol. The van der Waals surface area contributed by atoms with E-state index in [1.54, 1.807) is 17.5 Å². The molecular formula is C9H8N2S. The molecule has 60 valence electrons. The SMILES string of the molecule is Cc1ccnc(-c2nccs2)c1. The van der Waals surface area contributed by atoms with Crippen LogP contribution in [0, 0.1) is 6.92 Å². The smallest absolute Gasteiger partial charge is 0.141 e. The second-order valence-corrected chi connectivity index (χ2v) is 3.45. The minimum Gasteiger partial charge on any atom is -0.254 e. The van der Waals surface area contributed by atoms with Crippen molar-refractivity contribution in [3.05, 3.63) is 35.5 Å². The van der Waals surface area contributed by atoms with Crippen LogP contribution in [0.2, 0.25) is 0 Å².